The van der Waals surface area contributed by atoms with E-state index in [9.17, 15) is 13.2 Å². The summed E-state index contributed by atoms with van der Waals surface area (Å²) < 4.78 is 26.3. The Hall–Kier alpha value is -0.910. The van der Waals surface area contributed by atoms with E-state index in [4.69, 9.17) is 11.6 Å². The molecule has 2 rings (SSSR count). The summed E-state index contributed by atoms with van der Waals surface area (Å²) in [4.78, 5) is 10.8. The normalized spacial score (nSPS) is 18.4. The first-order valence-electron chi connectivity index (χ1n) is 6.17. The first-order chi connectivity index (χ1) is 8.95. The van der Waals surface area contributed by atoms with Gasteiger partial charge in [-0.1, -0.05) is 17.7 Å². The van der Waals surface area contributed by atoms with Gasteiger partial charge in [-0.3, -0.25) is 0 Å². The van der Waals surface area contributed by atoms with Crippen LogP contribution in [0, 0.1) is 12.8 Å². The fourth-order valence-corrected chi connectivity index (χ4v) is 4.25. The largest absolute Gasteiger partial charge is 0.303 e. The number of hydrogen-bond acceptors (Lipinski definition) is 3. The smallest absolute Gasteiger partial charge is 0.244 e. The number of carbonyl (C=O) groups excluding carboxylic acids is 1. The summed E-state index contributed by atoms with van der Waals surface area (Å²) in [6, 6.07) is 4.92. The van der Waals surface area contributed by atoms with Crippen LogP contribution in [-0.4, -0.2) is 32.1 Å². The van der Waals surface area contributed by atoms with Crippen LogP contribution >= 0.6 is 11.6 Å². The highest BCUT2D eigenvalue weighted by atomic mass is 35.5. The zero-order valence-electron chi connectivity index (χ0n) is 10.7. The number of sulfonamides is 1. The molecule has 0 radical (unpaired) electrons. The van der Waals surface area contributed by atoms with Crippen molar-refractivity contribution in [1.29, 1.82) is 0 Å². The van der Waals surface area contributed by atoms with E-state index >= 15 is 0 Å². The van der Waals surface area contributed by atoms with Crippen LogP contribution in [0.4, 0.5) is 0 Å². The van der Waals surface area contributed by atoms with Crippen LogP contribution in [0.3, 0.4) is 0 Å². The molecule has 0 spiro atoms. The Bertz CT molecular complexity index is 578. The second-order valence-electron chi connectivity index (χ2n) is 4.81. The Labute approximate surface area is 118 Å². The molecule has 0 aromatic heterocycles. The van der Waals surface area contributed by atoms with E-state index in [0.29, 0.717) is 25.9 Å². The van der Waals surface area contributed by atoms with Crippen molar-refractivity contribution in [3.63, 3.8) is 0 Å². The van der Waals surface area contributed by atoms with Gasteiger partial charge in [0.2, 0.25) is 10.0 Å². The summed E-state index contributed by atoms with van der Waals surface area (Å²) in [5.41, 5.74) is 0.920. The molecule has 0 saturated carbocycles. The predicted molar refractivity (Wildman–Crippen MR) is 73.7 cm³/mol. The summed E-state index contributed by atoms with van der Waals surface area (Å²) in [6.45, 7) is 2.60. The van der Waals surface area contributed by atoms with Crippen molar-refractivity contribution in [2.45, 2.75) is 24.7 Å². The lowest BCUT2D eigenvalue weighted by atomic mass is 10.0. The molecule has 0 aliphatic carbocycles. The average Bonchev–Trinajstić information content (AvgIpc) is 2.38. The average molecular weight is 302 g/mol. The maximum atomic E-state index is 12.5. The SMILES string of the molecule is Cc1ccc(S(=O)(=O)N2CCC(C=O)CC2)c(Cl)c1. The van der Waals surface area contributed by atoms with Gasteiger partial charge in [-0.15, -0.1) is 0 Å². The van der Waals surface area contributed by atoms with Crippen LogP contribution in [0.1, 0.15) is 18.4 Å². The van der Waals surface area contributed by atoms with Crippen molar-refractivity contribution >= 4 is 27.9 Å². The summed E-state index contributed by atoms with van der Waals surface area (Å²) >= 11 is 6.03. The molecule has 1 aliphatic rings. The van der Waals surface area contributed by atoms with Crippen molar-refractivity contribution in [3.8, 4) is 0 Å². The summed E-state index contributed by atoms with van der Waals surface area (Å²) in [5.74, 6) is -0.0278. The quantitative estimate of drug-likeness (QED) is 0.805. The summed E-state index contributed by atoms with van der Waals surface area (Å²) in [5, 5.41) is 0.248. The number of nitrogens with zero attached hydrogens (tertiary/aromatic N) is 1. The minimum atomic E-state index is -3.56. The van der Waals surface area contributed by atoms with Gasteiger partial charge in [-0.05, 0) is 37.5 Å². The molecule has 1 aromatic rings. The molecule has 1 heterocycles. The Morgan fingerprint density at radius 3 is 2.47 bits per heavy atom. The van der Waals surface area contributed by atoms with Gasteiger partial charge in [0.15, 0.2) is 0 Å². The first kappa shape index (κ1) is 14.5. The van der Waals surface area contributed by atoms with E-state index < -0.39 is 10.0 Å². The summed E-state index contributed by atoms with van der Waals surface area (Å²) in [7, 11) is -3.56. The topological polar surface area (TPSA) is 54.5 Å². The molecule has 1 aliphatic heterocycles. The number of carbonyl (C=O) groups is 1. The van der Waals surface area contributed by atoms with Gasteiger partial charge < -0.3 is 4.79 Å². The van der Waals surface area contributed by atoms with Crippen molar-refractivity contribution in [1.82, 2.24) is 4.31 Å². The fraction of sp³-hybridized carbons (Fsp3) is 0.462. The third kappa shape index (κ3) is 2.99. The number of hydrogen-bond donors (Lipinski definition) is 0. The van der Waals surface area contributed by atoms with Crippen LogP contribution in [0.2, 0.25) is 5.02 Å². The molecule has 1 saturated heterocycles. The third-order valence-corrected chi connectivity index (χ3v) is 5.78. The van der Waals surface area contributed by atoms with Crippen LogP contribution in [0.25, 0.3) is 0 Å². The lowest BCUT2D eigenvalue weighted by molar-refractivity contribution is -0.112. The molecular weight excluding hydrogens is 286 g/mol. The minimum Gasteiger partial charge on any atom is -0.303 e. The van der Waals surface area contributed by atoms with Crippen LogP contribution in [-0.2, 0) is 14.8 Å². The molecule has 6 heteroatoms. The maximum absolute atomic E-state index is 12.5. The molecule has 0 bridgehead atoms. The van der Waals surface area contributed by atoms with Gasteiger partial charge in [0, 0.05) is 19.0 Å². The van der Waals surface area contributed by atoms with Gasteiger partial charge >= 0.3 is 0 Å². The molecule has 0 amide bonds. The molecule has 0 N–H and O–H groups in total. The third-order valence-electron chi connectivity index (χ3n) is 3.40. The second kappa shape index (κ2) is 5.61. The minimum absolute atomic E-state index is 0.0278. The second-order valence-corrected chi connectivity index (χ2v) is 7.13. The first-order valence-corrected chi connectivity index (χ1v) is 7.98. The van der Waals surface area contributed by atoms with Gasteiger partial charge in [0.1, 0.15) is 11.2 Å². The highest BCUT2D eigenvalue weighted by Crippen LogP contribution is 2.28. The fourth-order valence-electron chi connectivity index (χ4n) is 2.21. The highest BCUT2D eigenvalue weighted by molar-refractivity contribution is 7.89. The monoisotopic (exact) mass is 301 g/mol. The molecular formula is C13H16ClNO3S. The van der Waals surface area contributed by atoms with Gasteiger partial charge in [0.25, 0.3) is 0 Å². The number of rotatable bonds is 3. The molecule has 0 atom stereocenters. The molecule has 0 unspecified atom stereocenters. The number of benzene rings is 1. The van der Waals surface area contributed by atoms with Crippen molar-refractivity contribution in [2.24, 2.45) is 5.92 Å². The number of aldehydes is 1. The Morgan fingerprint density at radius 2 is 1.95 bits per heavy atom. The van der Waals surface area contributed by atoms with E-state index in [0.717, 1.165) is 11.8 Å². The molecule has 104 valence electrons. The standard InChI is InChI=1S/C13H16ClNO3S/c1-10-2-3-13(12(14)8-10)19(17,18)15-6-4-11(9-16)5-7-15/h2-3,8-9,11H,4-7H2,1H3. The lowest BCUT2D eigenvalue weighted by Gasteiger charge is -2.29. The van der Waals surface area contributed by atoms with Crippen molar-refractivity contribution in [3.05, 3.63) is 28.8 Å². The number of piperidine rings is 1. The lowest BCUT2D eigenvalue weighted by Crippen LogP contribution is -2.38. The van der Waals surface area contributed by atoms with E-state index in [1.54, 1.807) is 18.2 Å². The van der Waals surface area contributed by atoms with E-state index in [-0.39, 0.29) is 15.8 Å². The zero-order valence-corrected chi connectivity index (χ0v) is 12.2. The van der Waals surface area contributed by atoms with Crippen molar-refractivity contribution in [2.75, 3.05) is 13.1 Å². The van der Waals surface area contributed by atoms with E-state index in [2.05, 4.69) is 0 Å². The molecule has 19 heavy (non-hydrogen) atoms. The Morgan fingerprint density at radius 1 is 1.32 bits per heavy atom. The maximum Gasteiger partial charge on any atom is 0.244 e. The van der Waals surface area contributed by atoms with Crippen molar-refractivity contribution < 1.29 is 13.2 Å². The van der Waals surface area contributed by atoms with Crippen LogP contribution in [0.5, 0.6) is 0 Å². The highest BCUT2D eigenvalue weighted by Gasteiger charge is 2.30. The number of aryl methyl sites for hydroxylation is 1. The molecule has 4 nitrogen and oxygen atoms in total. The molecule has 1 aromatic carbocycles. The zero-order chi connectivity index (χ0) is 14.0. The van der Waals surface area contributed by atoms with E-state index in [1.165, 1.54) is 4.31 Å². The number of halogens is 1. The van der Waals surface area contributed by atoms with Gasteiger partial charge in [-0.2, -0.15) is 4.31 Å². The molecule has 1 fully saturated rings. The van der Waals surface area contributed by atoms with Crippen LogP contribution in [0.15, 0.2) is 23.1 Å². The predicted octanol–water partition coefficient (Wildman–Crippen LogP) is 2.25. The van der Waals surface area contributed by atoms with E-state index in [1.807, 2.05) is 6.92 Å². The Kier molecular flexibility index (Phi) is 4.28. The van der Waals surface area contributed by atoms with Gasteiger partial charge in [0.05, 0.1) is 5.02 Å². The van der Waals surface area contributed by atoms with Gasteiger partial charge in [-0.25, -0.2) is 8.42 Å². The summed E-state index contributed by atoms with van der Waals surface area (Å²) in [6.07, 6.45) is 2.06. The van der Waals surface area contributed by atoms with Crippen LogP contribution < -0.4 is 0 Å². The Balaban J connectivity index is 2.25.